The van der Waals surface area contributed by atoms with Crippen molar-refractivity contribution < 1.29 is 14.4 Å². The third kappa shape index (κ3) is 446. The monoisotopic (exact) mass is 135 g/mol. The summed E-state index contributed by atoms with van der Waals surface area (Å²) in [5.74, 6) is 0. The number of hydrogen-bond donors (Lipinski definition) is 0. The number of hydrogen-bond acceptors (Lipinski definition) is 3. The molecule has 0 aromatic carbocycles. The van der Waals surface area contributed by atoms with Crippen LogP contribution in [0, 0.1) is 0 Å². The van der Waals surface area contributed by atoms with Crippen molar-refractivity contribution in [1.82, 2.24) is 0 Å². The molecule has 0 saturated heterocycles. The van der Waals surface area contributed by atoms with Gasteiger partial charge in [0.25, 0.3) is 8.25 Å². The van der Waals surface area contributed by atoms with Gasteiger partial charge in [0.2, 0.25) is 0 Å². The van der Waals surface area contributed by atoms with Gasteiger partial charge in [-0.3, -0.25) is 0 Å². The van der Waals surface area contributed by atoms with Crippen molar-refractivity contribution >= 4 is 8.25 Å². The molecule has 0 spiro atoms. The highest BCUT2D eigenvalue weighted by Gasteiger charge is 1.53. The summed E-state index contributed by atoms with van der Waals surface area (Å²) in [4.78, 5) is 17.0. The summed E-state index contributed by atoms with van der Waals surface area (Å²) in [5, 5.41) is 0. The first-order chi connectivity index (χ1) is 3.73. The molecular formula is C4H8O3P-. The fraction of sp³-hybridized carbons (Fsp3) is 0. The van der Waals surface area contributed by atoms with Gasteiger partial charge in [0.1, 0.15) is 0 Å². The van der Waals surface area contributed by atoms with Crippen molar-refractivity contribution in [3.05, 3.63) is 26.3 Å². The Morgan fingerprint density at radius 1 is 1.00 bits per heavy atom. The summed E-state index contributed by atoms with van der Waals surface area (Å²) in [7, 11) is -3.37. The van der Waals surface area contributed by atoms with Crippen LogP contribution in [0.5, 0.6) is 0 Å². The van der Waals surface area contributed by atoms with Crippen LogP contribution in [-0.4, -0.2) is 0 Å². The van der Waals surface area contributed by atoms with Gasteiger partial charge < -0.3 is 9.79 Å². The van der Waals surface area contributed by atoms with E-state index in [-0.39, 0.29) is 0 Å². The molecule has 0 atom stereocenters. The molecule has 0 aromatic heterocycles. The Bertz CT molecular complexity index is 49.2. The first-order valence-corrected chi connectivity index (χ1v) is 2.64. The zero-order valence-electron chi connectivity index (χ0n) is 4.50. The van der Waals surface area contributed by atoms with Gasteiger partial charge in [-0.25, -0.2) is 0 Å². The molecule has 0 radical (unpaired) electrons. The van der Waals surface area contributed by atoms with Gasteiger partial charge in [-0.1, -0.05) is 4.57 Å². The van der Waals surface area contributed by atoms with Gasteiger partial charge >= 0.3 is 0 Å². The molecule has 8 heavy (non-hydrogen) atoms. The summed E-state index contributed by atoms with van der Waals surface area (Å²) in [6.45, 7) is 12.0. The minimum atomic E-state index is -3.37. The molecule has 3 nitrogen and oxygen atoms in total. The van der Waals surface area contributed by atoms with Crippen molar-refractivity contribution in [2.24, 2.45) is 0 Å². The minimum Gasteiger partial charge on any atom is -0.598 e. The van der Waals surface area contributed by atoms with E-state index in [0.29, 0.717) is 0 Å². The predicted molar refractivity (Wildman–Crippen MR) is 30.1 cm³/mol. The van der Waals surface area contributed by atoms with E-state index in [1.165, 1.54) is 0 Å². The minimum absolute atomic E-state index is 3.00. The van der Waals surface area contributed by atoms with Crippen molar-refractivity contribution in [2.45, 2.75) is 0 Å². The second-order valence-electron chi connectivity index (χ2n) is 0.224. The van der Waals surface area contributed by atoms with E-state index in [1.807, 2.05) is 0 Å². The smallest absolute Gasteiger partial charge is 0.276 e. The molecule has 0 N–H and O–H groups in total. The molecule has 0 bridgehead atoms. The highest BCUT2D eigenvalue weighted by atomic mass is 31.1. The lowest BCUT2D eigenvalue weighted by molar-refractivity contribution is -0.297. The molecular weight excluding hydrogens is 127 g/mol. The Morgan fingerprint density at radius 2 is 1.00 bits per heavy atom. The quantitative estimate of drug-likeness (QED) is 0.346. The van der Waals surface area contributed by atoms with Crippen LogP contribution in [0.2, 0.25) is 0 Å². The van der Waals surface area contributed by atoms with Crippen LogP contribution in [0.3, 0.4) is 0 Å². The standard InChI is InChI=1S/2C2H4.HO3P/c2*1-2;1-4(2)3/h2*1-2H2;(H,1,2,3)/p-1. The second-order valence-corrected chi connectivity index (χ2v) is 0.671. The summed E-state index contributed by atoms with van der Waals surface area (Å²) >= 11 is 0. The molecule has 0 aliphatic carbocycles. The van der Waals surface area contributed by atoms with Crippen LogP contribution in [-0.2, 0) is 4.57 Å². The van der Waals surface area contributed by atoms with E-state index in [2.05, 4.69) is 26.3 Å². The summed E-state index contributed by atoms with van der Waals surface area (Å²) in [6.07, 6.45) is 0. The largest absolute Gasteiger partial charge is 0.598 e. The highest BCUT2D eigenvalue weighted by Crippen LogP contribution is 1.79. The third-order valence-electron chi connectivity index (χ3n) is 0. The molecule has 48 valence electrons. The predicted octanol–water partition coefficient (Wildman–Crippen LogP) is -0.0312. The van der Waals surface area contributed by atoms with Crippen molar-refractivity contribution in [3.63, 3.8) is 0 Å². The van der Waals surface area contributed by atoms with E-state index in [0.717, 1.165) is 0 Å². The van der Waals surface area contributed by atoms with E-state index in [9.17, 15) is 0 Å². The van der Waals surface area contributed by atoms with E-state index in [1.54, 1.807) is 0 Å². The van der Waals surface area contributed by atoms with E-state index in [4.69, 9.17) is 14.4 Å². The molecule has 0 fully saturated rings. The van der Waals surface area contributed by atoms with E-state index >= 15 is 0 Å². The maximum Gasteiger partial charge on any atom is 0.276 e. The Balaban J connectivity index is -0.0000000542. The van der Waals surface area contributed by atoms with Gasteiger partial charge in [0.05, 0.1) is 0 Å². The number of rotatable bonds is 0. The average molecular weight is 135 g/mol. The van der Waals surface area contributed by atoms with Crippen LogP contribution in [0.1, 0.15) is 0 Å². The lowest BCUT2D eigenvalue weighted by Gasteiger charge is -1.75. The first kappa shape index (κ1) is 15.6. The van der Waals surface area contributed by atoms with Crippen molar-refractivity contribution in [1.29, 1.82) is 0 Å². The zero-order chi connectivity index (χ0) is 7.58. The topological polar surface area (TPSA) is 63.2 Å². The van der Waals surface area contributed by atoms with Gasteiger partial charge in [-0.2, -0.15) is 0 Å². The molecule has 0 amide bonds. The lowest BCUT2D eigenvalue weighted by atomic mass is 11.3. The van der Waals surface area contributed by atoms with Crippen molar-refractivity contribution in [3.8, 4) is 0 Å². The molecule has 0 aliphatic rings. The Morgan fingerprint density at radius 3 is 1.00 bits per heavy atom. The molecule has 0 aliphatic heterocycles. The average Bonchev–Trinajstić information content (AvgIpc) is 1.75. The molecule has 4 heteroatoms. The highest BCUT2D eigenvalue weighted by molar-refractivity contribution is 7.27. The maximum absolute atomic E-state index is 8.48. The Kier molecular flexibility index (Phi) is 61.5. The van der Waals surface area contributed by atoms with Gasteiger partial charge in [-0.15, -0.1) is 26.3 Å². The summed E-state index contributed by atoms with van der Waals surface area (Å²) < 4.78 is 8.48. The summed E-state index contributed by atoms with van der Waals surface area (Å²) in [6, 6.07) is 0. The maximum atomic E-state index is 8.48. The van der Waals surface area contributed by atoms with E-state index < -0.39 is 8.25 Å². The van der Waals surface area contributed by atoms with Crippen LogP contribution in [0.25, 0.3) is 0 Å². The van der Waals surface area contributed by atoms with Crippen molar-refractivity contribution in [2.75, 3.05) is 0 Å². The normalized spacial score (nSPS) is 4.25. The molecule has 0 saturated carbocycles. The van der Waals surface area contributed by atoms with Crippen LogP contribution < -0.4 is 9.79 Å². The van der Waals surface area contributed by atoms with Crippen LogP contribution in [0.4, 0.5) is 0 Å². The first-order valence-electron chi connectivity index (χ1n) is 1.55. The SMILES string of the molecule is C=C.C=C.O=[P+]([O-])[O-]. The van der Waals surface area contributed by atoms with Crippen LogP contribution in [0.15, 0.2) is 26.3 Å². The lowest BCUT2D eigenvalue weighted by Crippen LogP contribution is -1.97. The van der Waals surface area contributed by atoms with Crippen LogP contribution >= 0.6 is 8.25 Å². The Hall–Kier alpha value is -0.500. The third-order valence-corrected chi connectivity index (χ3v) is 0. The molecule has 0 heterocycles. The summed E-state index contributed by atoms with van der Waals surface area (Å²) in [5.41, 5.74) is 0. The van der Waals surface area contributed by atoms with Gasteiger partial charge in [-0.05, 0) is 0 Å². The fourth-order valence-electron chi connectivity index (χ4n) is 0. The second kappa shape index (κ2) is 31.5. The molecule has 0 unspecified atom stereocenters. The van der Waals surface area contributed by atoms with Gasteiger partial charge in [0, 0.05) is 0 Å². The Labute approximate surface area is 49.9 Å². The fourth-order valence-corrected chi connectivity index (χ4v) is 0. The zero-order valence-corrected chi connectivity index (χ0v) is 5.39. The molecule has 0 rings (SSSR count). The van der Waals surface area contributed by atoms with Gasteiger partial charge in [0.15, 0.2) is 0 Å². The molecule has 0 aromatic rings.